The van der Waals surface area contributed by atoms with Gasteiger partial charge in [-0.3, -0.25) is 9.69 Å². The van der Waals surface area contributed by atoms with Gasteiger partial charge in [0.1, 0.15) is 0 Å². The first-order chi connectivity index (χ1) is 8.04. The van der Waals surface area contributed by atoms with Crippen molar-refractivity contribution < 1.29 is 4.79 Å². The Labute approximate surface area is 104 Å². The van der Waals surface area contributed by atoms with Crippen molar-refractivity contribution in [3.63, 3.8) is 0 Å². The smallest absolute Gasteiger partial charge is 0.239 e. The maximum Gasteiger partial charge on any atom is 0.239 e. The Morgan fingerprint density at radius 1 is 1.24 bits per heavy atom. The number of hydrogen-bond donors (Lipinski definition) is 2. The minimum absolute atomic E-state index is 0.123. The number of nitrogens with one attached hydrogen (secondary N) is 2. The maximum atomic E-state index is 12.1. The van der Waals surface area contributed by atoms with Crippen molar-refractivity contribution in [3.8, 4) is 0 Å². The number of carbonyl (C=O) groups is 1. The molecular formula is C13H25N3O. The molecule has 0 radical (unpaired) electrons. The van der Waals surface area contributed by atoms with Crippen molar-refractivity contribution >= 4 is 5.91 Å². The van der Waals surface area contributed by atoms with Crippen LogP contribution in [0.5, 0.6) is 0 Å². The van der Waals surface area contributed by atoms with E-state index >= 15 is 0 Å². The lowest BCUT2D eigenvalue weighted by molar-refractivity contribution is -0.127. The second-order valence-electron chi connectivity index (χ2n) is 5.84. The standard InChI is InChI=1S/C13H25N3O/c1-13(2,14-3)12(17)15-10-7-9-16-8-5-4-6-11(10)16/h10-11,14H,4-9H2,1-3H3,(H,15,17). The van der Waals surface area contributed by atoms with E-state index in [1.165, 1.54) is 25.8 Å². The molecule has 2 aliphatic rings. The molecule has 2 N–H and O–H groups in total. The van der Waals surface area contributed by atoms with E-state index in [1.54, 1.807) is 0 Å². The SMILES string of the molecule is CNC(C)(C)C(=O)NC1CCN2CCCCC12. The summed E-state index contributed by atoms with van der Waals surface area (Å²) in [6.07, 6.45) is 4.98. The van der Waals surface area contributed by atoms with E-state index in [1.807, 2.05) is 20.9 Å². The van der Waals surface area contributed by atoms with E-state index in [9.17, 15) is 4.79 Å². The average Bonchev–Trinajstić information content (AvgIpc) is 2.73. The molecule has 2 rings (SSSR count). The van der Waals surface area contributed by atoms with E-state index in [0.29, 0.717) is 12.1 Å². The van der Waals surface area contributed by atoms with Gasteiger partial charge in [0.25, 0.3) is 0 Å². The summed E-state index contributed by atoms with van der Waals surface area (Å²) >= 11 is 0. The van der Waals surface area contributed by atoms with E-state index in [0.717, 1.165) is 13.0 Å². The number of rotatable bonds is 3. The molecule has 0 bridgehead atoms. The molecule has 0 aromatic heterocycles. The summed E-state index contributed by atoms with van der Waals surface area (Å²) in [5, 5.41) is 6.29. The van der Waals surface area contributed by atoms with Crippen LogP contribution in [0.2, 0.25) is 0 Å². The van der Waals surface area contributed by atoms with Gasteiger partial charge in [0.2, 0.25) is 5.91 Å². The van der Waals surface area contributed by atoms with Gasteiger partial charge in [-0.05, 0) is 46.7 Å². The largest absolute Gasteiger partial charge is 0.350 e. The average molecular weight is 239 g/mol. The molecule has 2 saturated heterocycles. The molecule has 0 aromatic rings. The van der Waals surface area contributed by atoms with Gasteiger partial charge >= 0.3 is 0 Å². The third-order valence-electron chi connectivity index (χ3n) is 4.37. The molecule has 2 heterocycles. The predicted octanol–water partition coefficient (Wildman–Crippen LogP) is 0.727. The van der Waals surface area contributed by atoms with Crippen LogP contribution < -0.4 is 10.6 Å². The monoisotopic (exact) mass is 239 g/mol. The first-order valence-corrected chi connectivity index (χ1v) is 6.78. The van der Waals surface area contributed by atoms with Crippen molar-refractivity contribution in [2.24, 2.45) is 0 Å². The van der Waals surface area contributed by atoms with Crippen LogP contribution in [0.15, 0.2) is 0 Å². The molecule has 0 saturated carbocycles. The third kappa shape index (κ3) is 2.63. The van der Waals surface area contributed by atoms with E-state index < -0.39 is 5.54 Å². The molecule has 4 nitrogen and oxygen atoms in total. The highest BCUT2D eigenvalue weighted by atomic mass is 16.2. The highest BCUT2D eigenvalue weighted by Gasteiger charge is 2.38. The Kier molecular flexibility index (Phi) is 3.73. The van der Waals surface area contributed by atoms with Gasteiger partial charge in [0, 0.05) is 18.6 Å². The summed E-state index contributed by atoms with van der Waals surface area (Å²) in [6.45, 7) is 6.22. The van der Waals surface area contributed by atoms with E-state index in [4.69, 9.17) is 0 Å². The van der Waals surface area contributed by atoms with Crippen LogP contribution in [0.3, 0.4) is 0 Å². The maximum absolute atomic E-state index is 12.1. The van der Waals surface area contributed by atoms with Gasteiger partial charge in [-0.25, -0.2) is 0 Å². The van der Waals surface area contributed by atoms with Gasteiger partial charge in [0.15, 0.2) is 0 Å². The number of hydrogen-bond acceptors (Lipinski definition) is 3. The molecule has 2 atom stereocenters. The number of fused-ring (bicyclic) bond motifs is 1. The second-order valence-corrected chi connectivity index (χ2v) is 5.84. The Morgan fingerprint density at radius 3 is 2.71 bits per heavy atom. The topological polar surface area (TPSA) is 44.4 Å². The zero-order valence-electron chi connectivity index (χ0n) is 11.3. The van der Waals surface area contributed by atoms with Crippen LogP contribution in [-0.2, 0) is 4.79 Å². The summed E-state index contributed by atoms with van der Waals surface area (Å²) in [6, 6.07) is 0.941. The van der Waals surface area contributed by atoms with Crippen LogP contribution in [0.25, 0.3) is 0 Å². The predicted molar refractivity (Wildman–Crippen MR) is 68.9 cm³/mol. The molecule has 4 heteroatoms. The lowest BCUT2D eigenvalue weighted by Gasteiger charge is -2.34. The minimum atomic E-state index is -0.470. The number of piperidine rings is 1. The van der Waals surface area contributed by atoms with Gasteiger partial charge in [-0.15, -0.1) is 0 Å². The second kappa shape index (κ2) is 4.94. The molecule has 2 aliphatic heterocycles. The Hall–Kier alpha value is -0.610. The number of carbonyl (C=O) groups excluding carboxylic acids is 1. The zero-order chi connectivity index (χ0) is 12.5. The normalized spacial score (nSPS) is 30.1. The van der Waals surface area contributed by atoms with E-state index in [2.05, 4.69) is 15.5 Å². The van der Waals surface area contributed by atoms with Gasteiger partial charge in [0.05, 0.1) is 5.54 Å². The summed E-state index contributed by atoms with van der Waals surface area (Å²) in [4.78, 5) is 14.7. The van der Waals surface area contributed by atoms with Crippen molar-refractivity contribution in [1.29, 1.82) is 0 Å². The molecule has 0 spiro atoms. The Bertz CT molecular complexity index is 290. The summed E-state index contributed by atoms with van der Waals surface area (Å²) in [5.41, 5.74) is -0.470. The first-order valence-electron chi connectivity index (χ1n) is 6.78. The van der Waals surface area contributed by atoms with Gasteiger partial charge < -0.3 is 10.6 Å². The van der Waals surface area contributed by atoms with Gasteiger partial charge in [-0.1, -0.05) is 6.42 Å². The van der Waals surface area contributed by atoms with Gasteiger partial charge in [-0.2, -0.15) is 0 Å². The fourth-order valence-electron chi connectivity index (χ4n) is 2.88. The van der Waals surface area contributed by atoms with Crippen molar-refractivity contribution in [1.82, 2.24) is 15.5 Å². The highest BCUT2D eigenvalue weighted by Crippen LogP contribution is 2.27. The van der Waals surface area contributed by atoms with Crippen molar-refractivity contribution in [2.75, 3.05) is 20.1 Å². The lowest BCUT2D eigenvalue weighted by Crippen LogP contribution is -2.56. The molecule has 2 fully saturated rings. The molecule has 0 aromatic carbocycles. The fraction of sp³-hybridized carbons (Fsp3) is 0.923. The summed E-state index contributed by atoms with van der Waals surface area (Å²) in [5.74, 6) is 0.123. The van der Waals surface area contributed by atoms with Crippen LogP contribution in [-0.4, -0.2) is 48.6 Å². The number of likely N-dealkylation sites (N-methyl/N-ethyl adjacent to an activating group) is 1. The zero-order valence-corrected chi connectivity index (χ0v) is 11.3. The van der Waals surface area contributed by atoms with Crippen molar-refractivity contribution in [3.05, 3.63) is 0 Å². The Balaban J connectivity index is 1.93. The van der Waals surface area contributed by atoms with E-state index in [-0.39, 0.29) is 5.91 Å². The number of amides is 1. The fourth-order valence-corrected chi connectivity index (χ4v) is 2.88. The Morgan fingerprint density at radius 2 is 2.00 bits per heavy atom. The molecule has 1 amide bonds. The van der Waals surface area contributed by atoms with Crippen LogP contribution >= 0.6 is 0 Å². The lowest BCUT2D eigenvalue weighted by atomic mass is 9.97. The van der Waals surface area contributed by atoms with Crippen LogP contribution in [0, 0.1) is 0 Å². The van der Waals surface area contributed by atoms with Crippen LogP contribution in [0.1, 0.15) is 39.5 Å². The minimum Gasteiger partial charge on any atom is -0.350 e. The summed E-state index contributed by atoms with van der Waals surface area (Å²) in [7, 11) is 1.83. The molecule has 98 valence electrons. The third-order valence-corrected chi connectivity index (χ3v) is 4.37. The number of nitrogens with zero attached hydrogens (tertiary/aromatic N) is 1. The molecule has 17 heavy (non-hydrogen) atoms. The molecule has 2 unspecified atom stereocenters. The summed E-state index contributed by atoms with van der Waals surface area (Å²) < 4.78 is 0. The van der Waals surface area contributed by atoms with Crippen LogP contribution in [0.4, 0.5) is 0 Å². The first kappa shape index (κ1) is 12.8. The quantitative estimate of drug-likeness (QED) is 0.763. The van der Waals surface area contributed by atoms with Crippen molar-refractivity contribution in [2.45, 2.75) is 57.2 Å². The molecular weight excluding hydrogens is 214 g/mol. The highest BCUT2D eigenvalue weighted by molar-refractivity contribution is 5.85. The molecule has 0 aliphatic carbocycles.